The van der Waals surface area contributed by atoms with Crippen LogP contribution in [0.25, 0.3) is 0 Å². The number of likely N-dealkylation sites (tertiary alicyclic amines) is 1. The van der Waals surface area contributed by atoms with E-state index in [4.69, 9.17) is 23.2 Å². The van der Waals surface area contributed by atoms with Crippen LogP contribution in [0.2, 0.25) is 10.0 Å². The van der Waals surface area contributed by atoms with Crippen LogP contribution in [0.3, 0.4) is 0 Å². The molecule has 0 unspecified atom stereocenters. The van der Waals surface area contributed by atoms with Crippen LogP contribution in [-0.4, -0.2) is 46.9 Å². The Balaban J connectivity index is 1.60. The Kier molecular flexibility index (Phi) is 6.65. The third kappa shape index (κ3) is 5.15. The first kappa shape index (κ1) is 23.5. The fraction of sp³-hybridized carbons (Fsp3) is 0.318. The number of hydrogen-bond donors (Lipinski definition) is 1. The standard InChI is InChI=1S/C22H23Cl2N5O3S/c1-14-26-27-21(29(14)13-15-5-7-16(23)8-6-15)19-4-3-11-28(19)22(30)25-18-10-9-17(24)12-20(18)33(2,31)32/h5-10,12,19H,3-4,11,13H2,1-2H3,(H,25,30)/t19-/m1/s1. The molecule has 0 spiro atoms. The Hall–Kier alpha value is -2.62. The van der Waals surface area contributed by atoms with Gasteiger partial charge in [-0.15, -0.1) is 10.2 Å². The van der Waals surface area contributed by atoms with E-state index in [1.165, 1.54) is 12.1 Å². The highest BCUT2D eigenvalue weighted by Gasteiger charge is 2.34. The zero-order valence-corrected chi connectivity index (χ0v) is 20.5. The summed E-state index contributed by atoms with van der Waals surface area (Å²) in [6, 6.07) is 11.2. The SMILES string of the molecule is Cc1nnc([C@H]2CCCN2C(=O)Nc2ccc(Cl)cc2S(C)(=O)=O)n1Cc1ccc(Cl)cc1. The first-order valence-corrected chi connectivity index (χ1v) is 13.0. The maximum Gasteiger partial charge on any atom is 0.322 e. The van der Waals surface area contributed by atoms with Gasteiger partial charge >= 0.3 is 6.03 Å². The number of sulfone groups is 1. The fourth-order valence-electron chi connectivity index (χ4n) is 3.98. The Morgan fingerprint density at radius 1 is 1.12 bits per heavy atom. The zero-order valence-electron chi connectivity index (χ0n) is 18.1. The minimum Gasteiger partial charge on any atom is -0.314 e. The molecule has 1 aromatic heterocycles. The van der Waals surface area contributed by atoms with Crippen molar-refractivity contribution in [2.75, 3.05) is 18.1 Å². The lowest BCUT2D eigenvalue weighted by molar-refractivity contribution is 0.203. The van der Waals surface area contributed by atoms with Crippen molar-refractivity contribution in [2.24, 2.45) is 0 Å². The number of urea groups is 1. The van der Waals surface area contributed by atoms with E-state index in [2.05, 4.69) is 15.5 Å². The third-order valence-corrected chi connectivity index (χ3v) is 7.24. The number of halogens is 2. The van der Waals surface area contributed by atoms with Gasteiger partial charge in [-0.05, 0) is 55.7 Å². The maximum atomic E-state index is 13.2. The van der Waals surface area contributed by atoms with E-state index in [0.29, 0.717) is 23.9 Å². The van der Waals surface area contributed by atoms with Crippen LogP contribution in [0.5, 0.6) is 0 Å². The molecule has 1 aliphatic heterocycles. The number of nitrogens with zero attached hydrogens (tertiary/aromatic N) is 4. The third-order valence-electron chi connectivity index (χ3n) is 5.61. The van der Waals surface area contributed by atoms with Gasteiger partial charge in [0.2, 0.25) is 0 Å². The number of aromatic nitrogens is 3. The quantitative estimate of drug-likeness (QED) is 0.538. The monoisotopic (exact) mass is 507 g/mol. The molecule has 2 aromatic carbocycles. The molecule has 174 valence electrons. The summed E-state index contributed by atoms with van der Waals surface area (Å²) in [5, 5.41) is 12.3. The van der Waals surface area contributed by atoms with E-state index in [9.17, 15) is 13.2 Å². The van der Waals surface area contributed by atoms with Gasteiger partial charge in [0.25, 0.3) is 0 Å². The molecule has 1 fully saturated rings. The second-order valence-electron chi connectivity index (χ2n) is 8.01. The molecular formula is C22H23Cl2N5O3S. The summed E-state index contributed by atoms with van der Waals surface area (Å²) in [4.78, 5) is 14.8. The summed E-state index contributed by atoms with van der Waals surface area (Å²) < 4.78 is 26.4. The smallest absolute Gasteiger partial charge is 0.314 e. The summed E-state index contributed by atoms with van der Waals surface area (Å²) >= 11 is 12.0. The van der Waals surface area contributed by atoms with Gasteiger partial charge in [0.1, 0.15) is 5.82 Å². The molecule has 1 N–H and O–H groups in total. The predicted octanol–water partition coefficient (Wildman–Crippen LogP) is 4.71. The molecular weight excluding hydrogens is 485 g/mol. The van der Waals surface area contributed by atoms with E-state index < -0.39 is 15.9 Å². The number of carbonyl (C=O) groups is 1. The van der Waals surface area contributed by atoms with E-state index in [0.717, 1.165) is 30.5 Å². The molecule has 33 heavy (non-hydrogen) atoms. The second kappa shape index (κ2) is 9.32. The Labute approximate surface area is 202 Å². The molecule has 0 bridgehead atoms. The first-order chi connectivity index (χ1) is 15.6. The van der Waals surface area contributed by atoms with Crippen LogP contribution >= 0.6 is 23.2 Å². The summed E-state index contributed by atoms with van der Waals surface area (Å²) in [5.74, 6) is 1.43. The molecule has 0 saturated carbocycles. The Bertz CT molecular complexity index is 1290. The van der Waals surface area contributed by atoms with Gasteiger partial charge in [0, 0.05) is 22.8 Å². The Morgan fingerprint density at radius 3 is 2.52 bits per heavy atom. The number of rotatable bonds is 5. The van der Waals surface area contributed by atoms with Gasteiger partial charge in [0.15, 0.2) is 15.7 Å². The van der Waals surface area contributed by atoms with Gasteiger partial charge in [-0.3, -0.25) is 0 Å². The molecule has 11 heteroatoms. The minimum absolute atomic E-state index is 0.0270. The van der Waals surface area contributed by atoms with Crippen molar-refractivity contribution in [3.8, 4) is 0 Å². The van der Waals surface area contributed by atoms with E-state index in [1.54, 1.807) is 11.0 Å². The Morgan fingerprint density at radius 2 is 1.82 bits per heavy atom. The summed E-state index contributed by atoms with van der Waals surface area (Å²) in [6.07, 6.45) is 2.60. The van der Waals surface area contributed by atoms with Gasteiger partial charge in [-0.25, -0.2) is 13.2 Å². The van der Waals surface area contributed by atoms with E-state index in [-0.39, 0.29) is 21.6 Å². The number of hydrogen-bond acceptors (Lipinski definition) is 5. The van der Waals surface area contributed by atoms with Crippen LogP contribution in [-0.2, 0) is 16.4 Å². The maximum absolute atomic E-state index is 13.2. The topological polar surface area (TPSA) is 97.2 Å². The molecule has 0 radical (unpaired) electrons. The normalized spacial score (nSPS) is 16.2. The molecule has 1 aliphatic rings. The van der Waals surface area contributed by atoms with Crippen molar-refractivity contribution < 1.29 is 13.2 Å². The van der Waals surface area contributed by atoms with Crippen LogP contribution < -0.4 is 5.32 Å². The number of benzene rings is 2. The first-order valence-electron chi connectivity index (χ1n) is 10.3. The number of nitrogens with one attached hydrogen (secondary N) is 1. The lowest BCUT2D eigenvalue weighted by atomic mass is 10.2. The molecule has 0 aliphatic carbocycles. The molecule has 1 saturated heterocycles. The van der Waals surface area contributed by atoms with Crippen molar-refractivity contribution in [3.63, 3.8) is 0 Å². The molecule has 2 amide bonds. The highest BCUT2D eigenvalue weighted by molar-refractivity contribution is 7.90. The van der Waals surface area contributed by atoms with Gasteiger partial charge in [0.05, 0.1) is 23.2 Å². The zero-order chi connectivity index (χ0) is 23.8. The van der Waals surface area contributed by atoms with Crippen LogP contribution in [0.15, 0.2) is 47.4 Å². The number of carbonyl (C=O) groups excluding carboxylic acids is 1. The molecule has 3 aromatic rings. The van der Waals surface area contributed by atoms with Crippen molar-refractivity contribution in [1.29, 1.82) is 0 Å². The highest BCUT2D eigenvalue weighted by Crippen LogP contribution is 2.33. The largest absolute Gasteiger partial charge is 0.322 e. The lowest BCUT2D eigenvalue weighted by Crippen LogP contribution is -2.36. The van der Waals surface area contributed by atoms with E-state index in [1.807, 2.05) is 35.8 Å². The number of amides is 2. The van der Waals surface area contributed by atoms with Crippen LogP contribution in [0.4, 0.5) is 10.5 Å². The highest BCUT2D eigenvalue weighted by atomic mass is 35.5. The average Bonchev–Trinajstić information content (AvgIpc) is 3.37. The van der Waals surface area contributed by atoms with Crippen molar-refractivity contribution in [1.82, 2.24) is 19.7 Å². The summed E-state index contributed by atoms with van der Waals surface area (Å²) in [6.45, 7) is 2.94. The van der Waals surface area contributed by atoms with Crippen molar-refractivity contribution in [3.05, 3.63) is 69.7 Å². The van der Waals surface area contributed by atoms with Crippen LogP contribution in [0.1, 0.15) is 36.1 Å². The van der Waals surface area contributed by atoms with Gasteiger partial charge < -0.3 is 14.8 Å². The fourth-order valence-corrected chi connectivity index (χ4v) is 5.21. The van der Waals surface area contributed by atoms with Gasteiger partial charge in [-0.1, -0.05) is 35.3 Å². The molecule has 2 heterocycles. The minimum atomic E-state index is -3.59. The summed E-state index contributed by atoms with van der Waals surface area (Å²) in [5.41, 5.74) is 1.23. The molecule has 4 rings (SSSR count). The number of anilines is 1. The van der Waals surface area contributed by atoms with E-state index >= 15 is 0 Å². The van der Waals surface area contributed by atoms with Crippen molar-refractivity contribution in [2.45, 2.75) is 37.2 Å². The lowest BCUT2D eigenvalue weighted by Gasteiger charge is -2.25. The number of aryl methyl sites for hydroxylation is 1. The predicted molar refractivity (Wildman–Crippen MR) is 128 cm³/mol. The van der Waals surface area contributed by atoms with Crippen molar-refractivity contribution >= 4 is 44.8 Å². The molecule has 1 atom stereocenters. The summed E-state index contributed by atoms with van der Waals surface area (Å²) in [7, 11) is -3.59. The van der Waals surface area contributed by atoms with Gasteiger partial charge in [-0.2, -0.15) is 0 Å². The average molecular weight is 508 g/mol. The molecule has 8 nitrogen and oxygen atoms in total. The second-order valence-corrected chi connectivity index (χ2v) is 10.9. The van der Waals surface area contributed by atoms with Crippen LogP contribution in [0, 0.1) is 6.92 Å².